The fourth-order valence-corrected chi connectivity index (χ4v) is 5.08. The van der Waals surface area contributed by atoms with Crippen LogP contribution in [-0.2, 0) is 31.1 Å². The zero-order valence-electron chi connectivity index (χ0n) is 24.6. The maximum absolute atomic E-state index is 15.2. The van der Waals surface area contributed by atoms with Gasteiger partial charge in [-0.2, -0.15) is 18.4 Å². The van der Waals surface area contributed by atoms with E-state index in [9.17, 15) is 18.0 Å². The number of methoxy groups -OCH3 is 1. The second-order valence-corrected chi connectivity index (χ2v) is 10.5. The number of alkyl halides is 3. The molecule has 2 N–H and O–H groups in total. The number of aryl methyl sites for hydroxylation is 1. The predicted octanol–water partition coefficient (Wildman–Crippen LogP) is 5.31. The lowest BCUT2D eigenvalue weighted by atomic mass is 9.96. The van der Waals surface area contributed by atoms with Crippen molar-refractivity contribution < 1.29 is 27.1 Å². The minimum absolute atomic E-state index is 0.111. The Balaban J connectivity index is 1.58. The fraction of sp³-hybridized carbons (Fsp3) is 0.323. The number of pyridine rings is 1. The molecule has 0 saturated heterocycles. The van der Waals surface area contributed by atoms with Crippen LogP contribution in [0.1, 0.15) is 39.9 Å². The number of nitrogens with one attached hydrogen (secondary N) is 2. The summed E-state index contributed by atoms with van der Waals surface area (Å²) in [6.45, 7) is 1.58. The molecule has 4 aromatic rings. The second-order valence-electron chi connectivity index (χ2n) is 10.5. The molecule has 5 rings (SSSR count). The second kappa shape index (κ2) is 13.4. The van der Waals surface area contributed by atoms with Gasteiger partial charge in [0.25, 0.3) is 5.91 Å². The van der Waals surface area contributed by atoms with Crippen LogP contribution in [0.5, 0.6) is 0 Å². The van der Waals surface area contributed by atoms with Crippen LogP contribution >= 0.6 is 0 Å². The zero-order chi connectivity index (χ0) is 32.1. The van der Waals surface area contributed by atoms with Crippen LogP contribution in [0.3, 0.4) is 0 Å². The van der Waals surface area contributed by atoms with Crippen LogP contribution in [-0.4, -0.2) is 52.5 Å². The Bertz CT molecular complexity index is 1750. The van der Waals surface area contributed by atoms with Gasteiger partial charge >= 0.3 is 6.18 Å². The van der Waals surface area contributed by atoms with E-state index in [0.29, 0.717) is 55.2 Å². The van der Waals surface area contributed by atoms with Gasteiger partial charge in [-0.3, -0.25) is 9.69 Å². The zero-order valence-corrected chi connectivity index (χ0v) is 24.6. The number of rotatable bonds is 12. The molecule has 0 radical (unpaired) electrons. The standard InChI is InChI=1S/C31H30F4N8O2/c1-42-18-39-41-29(42)22-6-5-21(31(33,34)35)15-23(22)20-13-27(38-8-4-3-7-36)40-28(14-20)43-17-25-24(30(43)44)11-19(12-26(25)32)16-37-9-10-45-2/h5-6,11-15,18,37H,3-4,8-10,16-17H2,1-2H3,(H,38,40). The molecule has 0 bridgehead atoms. The van der Waals surface area contributed by atoms with Crippen molar-refractivity contribution in [3.63, 3.8) is 0 Å². The van der Waals surface area contributed by atoms with Crippen molar-refractivity contribution in [3.8, 4) is 28.6 Å². The van der Waals surface area contributed by atoms with Gasteiger partial charge in [0.05, 0.1) is 24.8 Å². The Kier molecular flexibility index (Phi) is 9.40. The molecule has 2 aromatic carbocycles. The van der Waals surface area contributed by atoms with Crippen molar-refractivity contribution in [2.45, 2.75) is 32.1 Å². The van der Waals surface area contributed by atoms with Gasteiger partial charge in [-0.05, 0) is 65.6 Å². The van der Waals surface area contributed by atoms with Crippen molar-refractivity contribution in [2.24, 2.45) is 7.05 Å². The molecule has 0 unspecified atom stereocenters. The van der Waals surface area contributed by atoms with E-state index in [4.69, 9.17) is 10.00 Å². The number of hydrogen-bond acceptors (Lipinski definition) is 8. The fourth-order valence-electron chi connectivity index (χ4n) is 5.08. The van der Waals surface area contributed by atoms with Gasteiger partial charge in [-0.25, -0.2) is 9.37 Å². The third kappa shape index (κ3) is 6.95. The molecule has 45 heavy (non-hydrogen) atoms. The van der Waals surface area contributed by atoms with E-state index < -0.39 is 23.5 Å². The van der Waals surface area contributed by atoms with Crippen LogP contribution in [0.25, 0.3) is 22.5 Å². The molecule has 0 atom stereocenters. The van der Waals surface area contributed by atoms with E-state index in [0.717, 1.165) is 12.1 Å². The first kappa shape index (κ1) is 31.6. The first-order chi connectivity index (χ1) is 21.6. The number of ether oxygens (including phenoxy) is 1. The number of halogens is 4. The van der Waals surface area contributed by atoms with Crippen LogP contribution in [0.4, 0.5) is 29.2 Å². The topological polar surface area (TPSA) is 121 Å². The van der Waals surface area contributed by atoms with Gasteiger partial charge in [0.2, 0.25) is 0 Å². The highest BCUT2D eigenvalue weighted by Crippen LogP contribution is 2.40. The molecule has 1 aliphatic heterocycles. The number of carbonyl (C=O) groups is 1. The summed E-state index contributed by atoms with van der Waals surface area (Å²) in [5.74, 6) is -0.300. The number of aromatic nitrogens is 4. The van der Waals surface area contributed by atoms with Gasteiger partial charge in [-0.1, -0.05) is 0 Å². The summed E-state index contributed by atoms with van der Waals surface area (Å²) < 4.78 is 63.5. The highest BCUT2D eigenvalue weighted by atomic mass is 19.4. The summed E-state index contributed by atoms with van der Waals surface area (Å²) in [6, 6.07) is 11.5. The largest absolute Gasteiger partial charge is 0.416 e. The average molecular weight is 623 g/mol. The smallest absolute Gasteiger partial charge is 0.383 e. The van der Waals surface area contributed by atoms with E-state index >= 15 is 4.39 Å². The highest BCUT2D eigenvalue weighted by Gasteiger charge is 2.34. The van der Waals surface area contributed by atoms with E-state index in [1.54, 1.807) is 30.9 Å². The SMILES string of the molecule is COCCNCc1cc(F)c2c(c1)C(=O)N(c1cc(-c3cc(C(F)(F)F)ccc3-c3nncn3C)cc(NCCCC#N)n1)C2. The molecule has 0 spiro atoms. The minimum atomic E-state index is -4.62. The lowest BCUT2D eigenvalue weighted by Crippen LogP contribution is -2.24. The number of nitrogens with zero attached hydrogens (tertiary/aromatic N) is 6. The Hall–Kier alpha value is -4.87. The predicted molar refractivity (Wildman–Crippen MR) is 159 cm³/mol. The lowest BCUT2D eigenvalue weighted by molar-refractivity contribution is -0.137. The molecule has 0 fully saturated rings. The van der Waals surface area contributed by atoms with E-state index in [-0.39, 0.29) is 41.3 Å². The summed E-state index contributed by atoms with van der Waals surface area (Å²) in [5.41, 5.74) is 0.982. The number of fused-ring (bicyclic) bond motifs is 1. The third-order valence-corrected chi connectivity index (χ3v) is 7.33. The number of amides is 1. The van der Waals surface area contributed by atoms with Gasteiger partial charge in [0.1, 0.15) is 23.8 Å². The first-order valence-electron chi connectivity index (χ1n) is 14.1. The highest BCUT2D eigenvalue weighted by molar-refractivity contribution is 6.10. The Labute approximate surface area is 256 Å². The summed E-state index contributed by atoms with van der Waals surface area (Å²) in [7, 11) is 3.25. The molecular weight excluding hydrogens is 592 g/mol. The monoisotopic (exact) mass is 622 g/mol. The summed E-state index contributed by atoms with van der Waals surface area (Å²) in [5, 5.41) is 23.1. The summed E-state index contributed by atoms with van der Waals surface area (Å²) >= 11 is 0. The third-order valence-electron chi connectivity index (χ3n) is 7.33. The number of benzene rings is 2. The van der Waals surface area contributed by atoms with Crippen LogP contribution in [0.15, 0.2) is 48.8 Å². The number of hydrogen-bond donors (Lipinski definition) is 2. The van der Waals surface area contributed by atoms with E-state index in [1.807, 2.05) is 0 Å². The minimum Gasteiger partial charge on any atom is -0.383 e. The van der Waals surface area contributed by atoms with Crippen LogP contribution in [0, 0.1) is 17.1 Å². The molecule has 0 aliphatic carbocycles. The maximum Gasteiger partial charge on any atom is 0.416 e. The Morgan fingerprint density at radius 1 is 1.09 bits per heavy atom. The van der Waals surface area contributed by atoms with Gasteiger partial charge in [0.15, 0.2) is 5.82 Å². The number of anilines is 2. The molecule has 234 valence electrons. The molecule has 0 saturated carbocycles. The van der Waals surface area contributed by atoms with E-state index in [2.05, 4.69) is 31.9 Å². The van der Waals surface area contributed by atoms with Crippen LogP contribution < -0.4 is 15.5 Å². The molecule has 2 aromatic heterocycles. The Morgan fingerprint density at radius 2 is 1.91 bits per heavy atom. The first-order valence-corrected chi connectivity index (χ1v) is 14.1. The molecule has 1 amide bonds. The van der Waals surface area contributed by atoms with Crippen molar-refractivity contribution in [1.82, 2.24) is 25.1 Å². The van der Waals surface area contributed by atoms with Gasteiger partial charge < -0.3 is 19.9 Å². The van der Waals surface area contributed by atoms with Gasteiger partial charge in [-0.15, -0.1) is 10.2 Å². The van der Waals surface area contributed by atoms with E-state index in [1.165, 1.54) is 29.4 Å². The molecule has 3 heterocycles. The van der Waals surface area contributed by atoms with Gasteiger partial charge in [0, 0.05) is 56.9 Å². The lowest BCUT2D eigenvalue weighted by Gasteiger charge is -2.19. The number of unbranched alkanes of at least 4 members (excludes halogenated alkanes) is 1. The quantitative estimate of drug-likeness (QED) is 0.161. The van der Waals surface area contributed by atoms with Crippen molar-refractivity contribution in [1.29, 1.82) is 5.26 Å². The number of nitriles is 1. The normalized spacial score (nSPS) is 12.8. The maximum atomic E-state index is 15.2. The summed E-state index contributed by atoms with van der Waals surface area (Å²) in [6.07, 6.45) is -2.41. The molecular formula is C31H30F4N8O2. The van der Waals surface area contributed by atoms with Crippen molar-refractivity contribution in [3.05, 3.63) is 76.9 Å². The van der Waals surface area contributed by atoms with Crippen molar-refractivity contribution in [2.75, 3.05) is 37.0 Å². The van der Waals surface area contributed by atoms with Crippen molar-refractivity contribution >= 4 is 17.5 Å². The Morgan fingerprint density at radius 3 is 2.62 bits per heavy atom. The average Bonchev–Trinajstić information content (AvgIpc) is 3.59. The molecule has 1 aliphatic rings. The summed E-state index contributed by atoms with van der Waals surface area (Å²) in [4.78, 5) is 19.6. The number of carbonyl (C=O) groups excluding carboxylic acids is 1. The molecule has 14 heteroatoms. The van der Waals surface area contributed by atoms with Crippen LogP contribution in [0.2, 0.25) is 0 Å². The molecule has 10 nitrogen and oxygen atoms in total.